The molecule has 170 valence electrons. The van der Waals surface area contributed by atoms with Gasteiger partial charge in [-0.1, -0.05) is 18.2 Å². The van der Waals surface area contributed by atoms with Crippen LogP contribution in [0.5, 0.6) is 11.5 Å². The first kappa shape index (κ1) is 23.2. The second-order valence-corrected chi connectivity index (χ2v) is 6.99. The largest absolute Gasteiger partial charge is 0.493 e. The molecule has 0 spiro atoms. The number of hydrogen-bond acceptors (Lipinski definition) is 7. The molecule has 0 fully saturated rings. The van der Waals surface area contributed by atoms with E-state index in [-0.39, 0.29) is 22.9 Å². The predicted molar refractivity (Wildman–Crippen MR) is 122 cm³/mol. The van der Waals surface area contributed by atoms with Gasteiger partial charge in [-0.15, -0.1) is 0 Å². The summed E-state index contributed by atoms with van der Waals surface area (Å²) >= 11 is 0. The Labute approximate surface area is 191 Å². The highest BCUT2D eigenvalue weighted by Gasteiger charge is 2.24. The van der Waals surface area contributed by atoms with E-state index < -0.39 is 5.97 Å². The fourth-order valence-corrected chi connectivity index (χ4v) is 3.43. The third kappa shape index (κ3) is 4.75. The number of nitrogens with one attached hydrogen (secondary N) is 1. The van der Waals surface area contributed by atoms with E-state index in [1.54, 1.807) is 38.5 Å². The number of carbonyl (C=O) groups excluding carboxylic acids is 2. The highest BCUT2D eigenvalue weighted by molar-refractivity contribution is 6.00. The fourth-order valence-electron chi connectivity index (χ4n) is 3.43. The summed E-state index contributed by atoms with van der Waals surface area (Å²) in [5.74, 6) is 0.189. The quantitative estimate of drug-likeness (QED) is 0.507. The first-order valence-corrected chi connectivity index (χ1v) is 10.0. The molecule has 0 aliphatic heterocycles. The zero-order valence-corrected chi connectivity index (χ0v) is 18.5. The molecule has 0 atom stereocenters. The van der Waals surface area contributed by atoms with Crippen molar-refractivity contribution in [3.05, 3.63) is 71.0 Å². The van der Waals surface area contributed by atoms with Crippen LogP contribution < -0.4 is 20.5 Å². The molecule has 9 nitrogen and oxygen atoms in total. The van der Waals surface area contributed by atoms with Gasteiger partial charge in [0.1, 0.15) is 6.07 Å². The fraction of sp³-hybridized carbons (Fsp3) is 0.208. The average Bonchev–Trinajstić information content (AvgIpc) is 3.19. The van der Waals surface area contributed by atoms with Crippen LogP contribution in [0.25, 0.3) is 5.69 Å². The highest BCUT2D eigenvalue weighted by atomic mass is 16.5. The van der Waals surface area contributed by atoms with Crippen LogP contribution in [-0.4, -0.2) is 44.3 Å². The van der Waals surface area contributed by atoms with Gasteiger partial charge in [-0.2, -0.15) is 5.26 Å². The van der Waals surface area contributed by atoms with Gasteiger partial charge in [0.15, 0.2) is 17.2 Å². The van der Waals surface area contributed by atoms with Gasteiger partial charge in [0.05, 0.1) is 43.8 Å². The number of rotatable bonds is 8. The number of nitrogens with two attached hydrogens (primary N) is 1. The Bertz CT molecular complexity index is 1230. The van der Waals surface area contributed by atoms with Crippen LogP contribution in [0.3, 0.4) is 0 Å². The van der Waals surface area contributed by atoms with Crippen molar-refractivity contribution in [1.29, 1.82) is 5.26 Å². The van der Waals surface area contributed by atoms with Gasteiger partial charge in [-0.25, -0.2) is 4.79 Å². The Hall–Kier alpha value is -4.45. The lowest BCUT2D eigenvalue weighted by Crippen LogP contribution is -2.27. The van der Waals surface area contributed by atoms with E-state index in [2.05, 4.69) is 5.32 Å². The lowest BCUT2D eigenvalue weighted by atomic mass is 10.1. The second kappa shape index (κ2) is 10.2. The molecular formula is C24H24N4O5. The van der Waals surface area contributed by atoms with E-state index in [9.17, 15) is 14.9 Å². The highest BCUT2D eigenvalue weighted by Crippen LogP contribution is 2.28. The lowest BCUT2D eigenvalue weighted by molar-refractivity contribution is 0.0592. The van der Waals surface area contributed by atoms with Crippen molar-refractivity contribution in [1.82, 2.24) is 9.88 Å². The number of aromatic nitrogens is 1. The van der Waals surface area contributed by atoms with E-state index in [4.69, 9.17) is 19.9 Å². The van der Waals surface area contributed by atoms with Crippen LogP contribution in [-0.2, 0) is 11.2 Å². The Balaban J connectivity index is 1.84. The van der Waals surface area contributed by atoms with Crippen LogP contribution in [0.15, 0.2) is 48.7 Å². The number of ether oxygens (including phenoxy) is 3. The van der Waals surface area contributed by atoms with E-state index >= 15 is 0 Å². The van der Waals surface area contributed by atoms with Crippen molar-refractivity contribution in [2.75, 3.05) is 33.6 Å². The standard InChI is InChI=1S/C24H24N4O5/c1-31-19-9-8-15(12-20(19)32-2)10-11-27-23(29)17-6-4-5-7-18(17)28-14-16(13-25)21(26)22(28)24(30)33-3/h4-9,12,14H,10-11,26H2,1-3H3,(H,27,29). The summed E-state index contributed by atoms with van der Waals surface area (Å²) in [6, 6.07) is 14.2. The molecular weight excluding hydrogens is 424 g/mol. The molecule has 0 unspecified atom stereocenters. The van der Waals surface area contributed by atoms with Gasteiger partial charge in [-0.05, 0) is 36.2 Å². The minimum atomic E-state index is -0.710. The van der Waals surface area contributed by atoms with Crippen LogP contribution in [0, 0.1) is 11.3 Å². The molecule has 0 aliphatic carbocycles. The van der Waals surface area contributed by atoms with Gasteiger partial charge in [0.25, 0.3) is 5.91 Å². The maximum Gasteiger partial charge on any atom is 0.357 e. The molecule has 3 rings (SSSR count). The summed E-state index contributed by atoms with van der Waals surface area (Å²) in [6.07, 6.45) is 1.98. The molecule has 1 aromatic heterocycles. The average molecular weight is 448 g/mol. The van der Waals surface area contributed by atoms with E-state index in [1.807, 2.05) is 24.3 Å². The third-order valence-corrected chi connectivity index (χ3v) is 5.10. The lowest BCUT2D eigenvalue weighted by Gasteiger charge is -2.14. The van der Waals surface area contributed by atoms with E-state index in [0.29, 0.717) is 35.7 Å². The summed E-state index contributed by atoms with van der Waals surface area (Å²) in [5.41, 5.74) is 7.75. The van der Waals surface area contributed by atoms with Crippen molar-refractivity contribution >= 4 is 17.6 Å². The SMILES string of the molecule is COC(=O)c1c(N)c(C#N)cn1-c1ccccc1C(=O)NCCc1ccc(OC)c(OC)c1. The summed E-state index contributed by atoms with van der Waals surface area (Å²) in [4.78, 5) is 25.3. The normalized spacial score (nSPS) is 10.2. The van der Waals surface area contributed by atoms with E-state index in [1.165, 1.54) is 17.9 Å². The van der Waals surface area contributed by atoms with Gasteiger partial charge in [0.2, 0.25) is 0 Å². The molecule has 3 N–H and O–H groups in total. The van der Waals surface area contributed by atoms with Gasteiger partial charge in [-0.3, -0.25) is 4.79 Å². The smallest absolute Gasteiger partial charge is 0.357 e. The number of para-hydroxylation sites is 1. The molecule has 0 bridgehead atoms. The first-order valence-electron chi connectivity index (χ1n) is 10.0. The summed E-state index contributed by atoms with van der Waals surface area (Å²) in [6.45, 7) is 0.365. The molecule has 0 saturated carbocycles. The van der Waals surface area contributed by atoms with Crippen molar-refractivity contribution in [3.63, 3.8) is 0 Å². The van der Waals surface area contributed by atoms with Crippen molar-refractivity contribution in [2.24, 2.45) is 0 Å². The molecule has 2 aromatic carbocycles. The van der Waals surface area contributed by atoms with Crippen molar-refractivity contribution in [3.8, 4) is 23.3 Å². The summed E-state index contributed by atoms with van der Waals surface area (Å²) < 4.78 is 16.8. The van der Waals surface area contributed by atoms with Crippen LogP contribution in [0.1, 0.15) is 32.0 Å². The molecule has 33 heavy (non-hydrogen) atoms. The molecule has 0 radical (unpaired) electrons. The Morgan fingerprint density at radius 1 is 1.09 bits per heavy atom. The topological polar surface area (TPSA) is 129 Å². The number of nitriles is 1. The van der Waals surface area contributed by atoms with Crippen molar-refractivity contribution in [2.45, 2.75) is 6.42 Å². The zero-order valence-electron chi connectivity index (χ0n) is 18.5. The number of hydrogen-bond donors (Lipinski definition) is 2. The molecule has 3 aromatic rings. The second-order valence-electron chi connectivity index (χ2n) is 6.99. The van der Waals surface area contributed by atoms with Crippen LogP contribution in [0.2, 0.25) is 0 Å². The maximum atomic E-state index is 13.0. The predicted octanol–water partition coefficient (Wildman–Crippen LogP) is 2.71. The molecule has 9 heteroatoms. The number of carbonyl (C=O) groups is 2. The van der Waals surface area contributed by atoms with Gasteiger partial charge in [0, 0.05) is 12.7 Å². The Morgan fingerprint density at radius 3 is 2.48 bits per heavy atom. The molecule has 0 aliphatic rings. The summed E-state index contributed by atoms with van der Waals surface area (Å²) in [7, 11) is 4.35. The Kier molecular flexibility index (Phi) is 7.20. The van der Waals surface area contributed by atoms with Crippen LogP contribution >= 0.6 is 0 Å². The van der Waals surface area contributed by atoms with Crippen molar-refractivity contribution < 1.29 is 23.8 Å². The molecule has 1 amide bonds. The Morgan fingerprint density at radius 2 is 1.82 bits per heavy atom. The third-order valence-electron chi connectivity index (χ3n) is 5.10. The number of nitrogen functional groups attached to an aromatic ring is 1. The monoisotopic (exact) mass is 448 g/mol. The number of anilines is 1. The first-order chi connectivity index (χ1) is 15.9. The van der Waals surface area contributed by atoms with Crippen LogP contribution in [0.4, 0.5) is 5.69 Å². The van der Waals surface area contributed by atoms with E-state index in [0.717, 1.165) is 5.56 Å². The molecule has 1 heterocycles. The number of nitrogens with zero attached hydrogens (tertiary/aromatic N) is 2. The maximum absolute atomic E-state index is 13.0. The number of esters is 1. The minimum absolute atomic E-state index is 0.00647. The number of benzene rings is 2. The summed E-state index contributed by atoms with van der Waals surface area (Å²) in [5, 5.41) is 12.2. The number of methoxy groups -OCH3 is 3. The van der Waals surface area contributed by atoms with Gasteiger partial charge >= 0.3 is 5.97 Å². The molecule has 0 saturated heterocycles. The number of amides is 1. The zero-order chi connectivity index (χ0) is 24.0. The minimum Gasteiger partial charge on any atom is -0.493 e. The van der Waals surface area contributed by atoms with Gasteiger partial charge < -0.3 is 29.8 Å².